The van der Waals surface area contributed by atoms with Crippen molar-refractivity contribution in [2.75, 3.05) is 7.11 Å². The monoisotopic (exact) mass is 337 g/mol. The molecule has 0 bridgehead atoms. The van der Waals surface area contributed by atoms with Gasteiger partial charge in [-0.2, -0.15) is 5.10 Å². The topological polar surface area (TPSA) is 96.5 Å². The zero-order valence-electron chi connectivity index (χ0n) is 13.4. The van der Waals surface area contributed by atoms with Crippen LogP contribution in [0.25, 0.3) is 0 Å². The molecule has 0 radical (unpaired) electrons. The van der Waals surface area contributed by atoms with Crippen LogP contribution in [0.1, 0.15) is 17.0 Å². The maximum atomic E-state index is 13.6. The van der Waals surface area contributed by atoms with E-state index in [1.165, 1.54) is 37.8 Å². The van der Waals surface area contributed by atoms with Crippen LogP contribution in [0.4, 0.5) is 10.1 Å². The molecule has 1 aromatic carbocycles. The van der Waals surface area contributed by atoms with E-state index in [0.29, 0.717) is 5.56 Å². The molecule has 0 aliphatic carbocycles. The summed E-state index contributed by atoms with van der Waals surface area (Å²) in [6, 6.07) is 4.21. The number of halogens is 1. The van der Waals surface area contributed by atoms with Crippen LogP contribution < -0.4 is 4.74 Å². The van der Waals surface area contributed by atoms with E-state index in [4.69, 9.17) is 9.47 Å². The lowest BCUT2D eigenvalue weighted by Crippen LogP contribution is -2.15. The molecule has 0 N–H and O–H groups in total. The highest BCUT2D eigenvalue weighted by Crippen LogP contribution is 2.22. The summed E-state index contributed by atoms with van der Waals surface area (Å²) in [5.41, 5.74) is 0.827. The Bertz CT molecular complexity index is 788. The molecule has 24 heavy (non-hydrogen) atoms. The van der Waals surface area contributed by atoms with Crippen molar-refractivity contribution in [1.29, 1.82) is 0 Å². The molecule has 0 amide bonds. The highest BCUT2D eigenvalue weighted by molar-refractivity contribution is 5.69. The highest BCUT2D eigenvalue weighted by Gasteiger charge is 2.23. The van der Waals surface area contributed by atoms with Crippen molar-refractivity contribution in [2.24, 2.45) is 0 Å². The fourth-order valence-corrected chi connectivity index (χ4v) is 2.24. The van der Waals surface area contributed by atoms with Gasteiger partial charge in [0.1, 0.15) is 24.5 Å². The van der Waals surface area contributed by atoms with E-state index in [-0.39, 0.29) is 36.0 Å². The fraction of sp³-hybridized carbons (Fsp3) is 0.333. The number of nitrogens with zero attached hydrogens (tertiary/aromatic N) is 3. The molecule has 0 unspecified atom stereocenters. The Morgan fingerprint density at radius 2 is 2.12 bits per heavy atom. The number of esters is 1. The number of nitro groups is 1. The third kappa shape index (κ3) is 3.67. The van der Waals surface area contributed by atoms with Gasteiger partial charge < -0.3 is 9.47 Å². The van der Waals surface area contributed by atoms with E-state index in [9.17, 15) is 19.3 Å². The van der Waals surface area contributed by atoms with Gasteiger partial charge in [0.05, 0.1) is 12.0 Å². The first kappa shape index (κ1) is 17.4. The predicted molar refractivity (Wildman–Crippen MR) is 81.1 cm³/mol. The number of benzene rings is 1. The minimum Gasteiger partial charge on any atom is -0.494 e. The Labute approximate surface area is 136 Å². The largest absolute Gasteiger partial charge is 0.494 e. The van der Waals surface area contributed by atoms with Crippen LogP contribution in [0.5, 0.6) is 5.75 Å². The van der Waals surface area contributed by atoms with Crippen LogP contribution in [0.15, 0.2) is 18.2 Å². The van der Waals surface area contributed by atoms with Gasteiger partial charge in [0.2, 0.25) is 0 Å². The quantitative estimate of drug-likeness (QED) is 0.456. The molecule has 0 spiro atoms. The van der Waals surface area contributed by atoms with Crippen molar-refractivity contribution in [1.82, 2.24) is 9.78 Å². The van der Waals surface area contributed by atoms with Gasteiger partial charge in [-0.25, -0.2) is 4.39 Å². The number of carbonyl (C=O) groups excluding carboxylic acids is 1. The maximum Gasteiger partial charge on any atom is 0.328 e. The summed E-state index contributed by atoms with van der Waals surface area (Å²) in [6.07, 6.45) is 0. The molecule has 9 heteroatoms. The molecular formula is C15H16FN3O5. The standard InChI is InChI=1S/C15H16FN3O5/c1-9-15(19(21)22)10(2)18(17-9)7-14(20)24-8-11-4-5-13(23-3)12(16)6-11/h4-6H,7-8H2,1-3H3. The van der Waals surface area contributed by atoms with E-state index < -0.39 is 16.7 Å². The summed E-state index contributed by atoms with van der Waals surface area (Å²) in [4.78, 5) is 22.2. The van der Waals surface area contributed by atoms with Crippen molar-refractivity contribution in [3.8, 4) is 5.75 Å². The SMILES string of the molecule is COc1ccc(COC(=O)Cn2nc(C)c([N+](=O)[O-])c2C)cc1F. The Hall–Kier alpha value is -2.97. The summed E-state index contributed by atoms with van der Waals surface area (Å²) in [5.74, 6) is -1.09. The highest BCUT2D eigenvalue weighted by atomic mass is 19.1. The fourth-order valence-electron chi connectivity index (χ4n) is 2.24. The van der Waals surface area contributed by atoms with Gasteiger partial charge in [0.25, 0.3) is 0 Å². The number of ether oxygens (including phenoxy) is 2. The number of carbonyl (C=O) groups is 1. The number of aryl methyl sites for hydroxylation is 1. The van der Waals surface area contributed by atoms with Crippen LogP contribution in [0, 0.1) is 29.8 Å². The molecule has 0 saturated heterocycles. The van der Waals surface area contributed by atoms with E-state index in [1.807, 2.05) is 0 Å². The average molecular weight is 337 g/mol. The smallest absolute Gasteiger partial charge is 0.328 e. The summed E-state index contributed by atoms with van der Waals surface area (Å²) < 4.78 is 24.6. The molecule has 1 aromatic heterocycles. The number of hydrogen-bond acceptors (Lipinski definition) is 6. The van der Waals surface area contributed by atoms with Crippen molar-refractivity contribution >= 4 is 11.7 Å². The Morgan fingerprint density at radius 1 is 1.42 bits per heavy atom. The van der Waals surface area contributed by atoms with E-state index in [1.54, 1.807) is 6.07 Å². The number of aromatic nitrogens is 2. The maximum absolute atomic E-state index is 13.6. The van der Waals surface area contributed by atoms with Gasteiger partial charge in [-0.3, -0.25) is 19.6 Å². The Kier molecular flexibility index (Phi) is 5.12. The van der Waals surface area contributed by atoms with Crippen LogP contribution in [-0.4, -0.2) is 27.8 Å². The van der Waals surface area contributed by atoms with Crippen molar-refractivity contribution in [2.45, 2.75) is 27.0 Å². The molecule has 0 atom stereocenters. The van der Waals surface area contributed by atoms with Crippen LogP contribution in [-0.2, 0) is 22.7 Å². The lowest BCUT2D eigenvalue weighted by molar-refractivity contribution is -0.386. The third-order valence-corrected chi connectivity index (χ3v) is 3.42. The van der Waals surface area contributed by atoms with Crippen LogP contribution in [0.3, 0.4) is 0 Å². The van der Waals surface area contributed by atoms with Gasteiger partial charge in [-0.1, -0.05) is 6.07 Å². The molecule has 8 nitrogen and oxygen atoms in total. The van der Waals surface area contributed by atoms with Gasteiger partial charge in [0.15, 0.2) is 11.6 Å². The van der Waals surface area contributed by atoms with Crippen molar-refractivity contribution in [3.63, 3.8) is 0 Å². The van der Waals surface area contributed by atoms with E-state index in [0.717, 1.165) is 0 Å². The van der Waals surface area contributed by atoms with Crippen LogP contribution >= 0.6 is 0 Å². The third-order valence-electron chi connectivity index (χ3n) is 3.42. The first-order valence-electron chi connectivity index (χ1n) is 7.00. The Balaban J connectivity index is 2.00. The van der Waals surface area contributed by atoms with E-state index in [2.05, 4.69) is 5.10 Å². The van der Waals surface area contributed by atoms with Crippen molar-refractivity contribution in [3.05, 3.63) is 51.1 Å². The lowest BCUT2D eigenvalue weighted by Gasteiger charge is -2.07. The number of hydrogen-bond donors (Lipinski definition) is 0. The zero-order valence-corrected chi connectivity index (χ0v) is 13.4. The van der Waals surface area contributed by atoms with Crippen LogP contribution in [0.2, 0.25) is 0 Å². The molecule has 2 aromatic rings. The van der Waals surface area contributed by atoms with Gasteiger partial charge >= 0.3 is 11.7 Å². The molecule has 0 saturated carbocycles. The molecule has 0 aliphatic rings. The second-order valence-electron chi connectivity index (χ2n) is 5.06. The summed E-state index contributed by atoms with van der Waals surface area (Å²) in [7, 11) is 1.35. The number of rotatable bonds is 6. The van der Waals surface area contributed by atoms with Gasteiger partial charge in [-0.15, -0.1) is 0 Å². The molecule has 128 valence electrons. The first-order valence-corrected chi connectivity index (χ1v) is 7.00. The minimum atomic E-state index is -0.633. The molecule has 0 aliphatic heterocycles. The second-order valence-corrected chi connectivity index (χ2v) is 5.06. The minimum absolute atomic E-state index is 0.0972. The Morgan fingerprint density at radius 3 is 2.67 bits per heavy atom. The number of methoxy groups -OCH3 is 1. The van der Waals surface area contributed by atoms with E-state index >= 15 is 0 Å². The van der Waals surface area contributed by atoms with Crippen molar-refractivity contribution < 1.29 is 23.6 Å². The normalized spacial score (nSPS) is 10.5. The predicted octanol–water partition coefficient (Wildman–Crippen LogP) is 2.30. The van der Waals surface area contributed by atoms with Gasteiger partial charge in [0, 0.05) is 0 Å². The summed E-state index contributed by atoms with van der Waals surface area (Å²) >= 11 is 0. The van der Waals surface area contributed by atoms with Gasteiger partial charge in [-0.05, 0) is 31.5 Å². The molecule has 2 rings (SSSR count). The first-order chi connectivity index (χ1) is 11.3. The molecular weight excluding hydrogens is 321 g/mol. The molecule has 1 heterocycles. The average Bonchev–Trinajstić information content (AvgIpc) is 2.79. The zero-order chi connectivity index (χ0) is 17.9. The summed E-state index contributed by atoms with van der Waals surface area (Å²) in [5, 5.41) is 14.9. The molecule has 0 fully saturated rings. The lowest BCUT2D eigenvalue weighted by atomic mass is 10.2. The second kappa shape index (κ2) is 7.07. The summed E-state index contributed by atoms with van der Waals surface area (Å²) in [6.45, 7) is 2.61.